The number of nitro benzene ring substituents is 1. The summed E-state index contributed by atoms with van der Waals surface area (Å²) in [7, 11) is 0. The van der Waals surface area contributed by atoms with Gasteiger partial charge in [-0.2, -0.15) is 0 Å². The number of halogens is 1. The van der Waals surface area contributed by atoms with E-state index in [1.807, 2.05) is 0 Å². The molecule has 0 bridgehead atoms. The number of non-ortho nitro benzene ring substituents is 1. The molecule has 12 heavy (non-hydrogen) atoms. The molecule has 0 spiro atoms. The Bertz CT molecular complexity index is 316. The molecule has 6 heteroatoms. The average Bonchev–Trinajstić information content (AvgIpc) is 2.05. The van der Waals surface area contributed by atoms with Gasteiger partial charge in [0.25, 0.3) is 5.69 Å². The van der Waals surface area contributed by atoms with Gasteiger partial charge >= 0.3 is 0 Å². The molecule has 0 aliphatic heterocycles. The van der Waals surface area contributed by atoms with Crippen molar-refractivity contribution in [1.82, 2.24) is 0 Å². The third-order valence-corrected chi connectivity index (χ3v) is 2.01. The van der Waals surface area contributed by atoms with E-state index in [1.165, 1.54) is 12.1 Å². The van der Waals surface area contributed by atoms with Gasteiger partial charge in [-0.3, -0.25) is 16.0 Å². The van der Waals surface area contributed by atoms with E-state index >= 15 is 0 Å². The molecule has 0 saturated carbocycles. The van der Waals surface area contributed by atoms with Crippen LogP contribution in [0.1, 0.15) is 0 Å². The maximum atomic E-state index is 10.3. The summed E-state index contributed by atoms with van der Waals surface area (Å²) < 4.78 is 0.690. The zero-order valence-corrected chi connectivity index (χ0v) is 7.54. The summed E-state index contributed by atoms with van der Waals surface area (Å²) in [6.07, 6.45) is 0. The lowest BCUT2D eigenvalue weighted by molar-refractivity contribution is -0.384. The molecule has 64 valence electrons. The van der Waals surface area contributed by atoms with Gasteiger partial charge in [0.1, 0.15) is 0 Å². The van der Waals surface area contributed by atoms with Gasteiger partial charge in [0.05, 0.1) is 10.6 Å². The lowest BCUT2D eigenvalue weighted by Gasteiger charge is -2.01. The molecule has 0 atom stereocenters. The van der Waals surface area contributed by atoms with Crippen molar-refractivity contribution in [3.63, 3.8) is 0 Å². The number of nitrogen functional groups attached to an aromatic ring is 1. The number of nitrogens with one attached hydrogen (secondary N) is 1. The van der Waals surface area contributed by atoms with E-state index in [0.717, 1.165) is 0 Å². The van der Waals surface area contributed by atoms with Crippen LogP contribution < -0.4 is 11.3 Å². The highest BCUT2D eigenvalue weighted by Gasteiger charge is 2.07. The fraction of sp³-hybridized carbons (Fsp3) is 0. The van der Waals surface area contributed by atoms with Gasteiger partial charge in [-0.05, 0) is 22.0 Å². The number of hydrogen-bond donors (Lipinski definition) is 2. The fourth-order valence-electron chi connectivity index (χ4n) is 0.737. The second kappa shape index (κ2) is 3.51. The van der Waals surface area contributed by atoms with E-state index in [4.69, 9.17) is 5.84 Å². The molecule has 0 fully saturated rings. The van der Waals surface area contributed by atoms with Crippen LogP contribution >= 0.6 is 15.9 Å². The van der Waals surface area contributed by atoms with Crippen LogP contribution in [-0.4, -0.2) is 4.92 Å². The summed E-state index contributed by atoms with van der Waals surface area (Å²) in [4.78, 5) is 9.82. The number of benzene rings is 1. The van der Waals surface area contributed by atoms with Crippen LogP contribution in [0.15, 0.2) is 22.7 Å². The molecule has 5 nitrogen and oxygen atoms in total. The molecule has 0 aliphatic carbocycles. The Hall–Kier alpha value is -1.14. The van der Waals surface area contributed by atoms with Crippen molar-refractivity contribution in [1.29, 1.82) is 0 Å². The highest BCUT2D eigenvalue weighted by Crippen LogP contribution is 2.25. The summed E-state index contributed by atoms with van der Waals surface area (Å²) in [5.41, 5.74) is 2.83. The van der Waals surface area contributed by atoms with Crippen molar-refractivity contribution in [2.75, 3.05) is 5.43 Å². The maximum absolute atomic E-state index is 10.3. The minimum absolute atomic E-state index is 0.00569. The zero-order valence-electron chi connectivity index (χ0n) is 5.95. The first-order chi connectivity index (χ1) is 5.65. The number of nitrogens with two attached hydrogens (primary N) is 1. The second-order valence-corrected chi connectivity index (χ2v) is 2.92. The maximum Gasteiger partial charge on any atom is 0.271 e. The number of rotatable bonds is 2. The first-order valence-electron chi connectivity index (χ1n) is 3.05. The molecule has 1 aromatic carbocycles. The van der Waals surface area contributed by atoms with E-state index in [1.54, 1.807) is 6.07 Å². The number of nitro groups is 1. The van der Waals surface area contributed by atoms with Gasteiger partial charge in [0.2, 0.25) is 0 Å². The van der Waals surface area contributed by atoms with Crippen LogP contribution in [0, 0.1) is 10.1 Å². The van der Waals surface area contributed by atoms with Crippen LogP contribution in [0.25, 0.3) is 0 Å². The summed E-state index contributed by atoms with van der Waals surface area (Å²) in [6, 6.07) is 4.31. The third kappa shape index (κ3) is 1.72. The Labute approximate surface area is 76.8 Å². The molecule has 0 aliphatic rings. The van der Waals surface area contributed by atoms with E-state index in [0.29, 0.717) is 10.2 Å². The zero-order chi connectivity index (χ0) is 9.14. The molecule has 0 aromatic heterocycles. The Morgan fingerprint density at radius 1 is 1.58 bits per heavy atom. The van der Waals surface area contributed by atoms with Gasteiger partial charge in [-0.1, -0.05) is 0 Å². The minimum atomic E-state index is -0.479. The average molecular weight is 232 g/mol. The SMILES string of the molecule is NNc1cc([N+](=O)[O-])ccc1Br. The molecule has 0 heterocycles. The molecule has 0 unspecified atom stereocenters. The predicted octanol–water partition coefficient (Wildman–Crippen LogP) is 1.64. The first kappa shape index (κ1) is 8.95. The summed E-state index contributed by atoms with van der Waals surface area (Å²) >= 11 is 3.17. The largest absolute Gasteiger partial charge is 0.323 e. The third-order valence-electron chi connectivity index (χ3n) is 1.32. The van der Waals surface area contributed by atoms with Crippen LogP contribution in [0.5, 0.6) is 0 Å². The van der Waals surface area contributed by atoms with E-state index in [2.05, 4.69) is 21.4 Å². The summed E-state index contributed by atoms with van der Waals surface area (Å²) in [5.74, 6) is 5.12. The summed E-state index contributed by atoms with van der Waals surface area (Å²) in [6.45, 7) is 0. The van der Waals surface area contributed by atoms with Gasteiger partial charge < -0.3 is 5.43 Å². The Morgan fingerprint density at radius 3 is 2.75 bits per heavy atom. The lowest BCUT2D eigenvalue weighted by atomic mass is 10.3. The monoisotopic (exact) mass is 231 g/mol. The van der Waals surface area contributed by atoms with Crippen molar-refractivity contribution in [2.24, 2.45) is 5.84 Å². The highest BCUT2D eigenvalue weighted by molar-refractivity contribution is 9.10. The van der Waals surface area contributed by atoms with Crippen LogP contribution in [-0.2, 0) is 0 Å². The highest BCUT2D eigenvalue weighted by atomic mass is 79.9. The van der Waals surface area contributed by atoms with Gasteiger partial charge in [0, 0.05) is 16.6 Å². The number of anilines is 1. The predicted molar refractivity (Wildman–Crippen MR) is 48.6 cm³/mol. The van der Waals surface area contributed by atoms with Crippen LogP contribution in [0.3, 0.4) is 0 Å². The molecular weight excluding hydrogens is 226 g/mol. The molecule has 0 amide bonds. The number of hydrogen-bond acceptors (Lipinski definition) is 4. The van der Waals surface area contributed by atoms with Gasteiger partial charge in [0.15, 0.2) is 0 Å². The van der Waals surface area contributed by atoms with Crippen molar-refractivity contribution in [3.8, 4) is 0 Å². The molecule has 3 N–H and O–H groups in total. The fourth-order valence-corrected chi connectivity index (χ4v) is 1.10. The normalized spacial score (nSPS) is 9.50. The molecule has 1 aromatic rings. The van der Waals surface area contributed by atoms with Crippen LogP contribution in [0.2, 0.25) is 0 Å². The molecule has 1 rings (SSSR count). The number of hydrazine groups is 1. The topological polar surface area (TPSA) is 81.2 Å². The Morgan fingerprint density at radius 2 is 2.25 bits per heavy atom. The van der Waals surface area contributed by atoms with E-state index < -0.39 is 4.92 Å². The Balaban J connectivity index is 3.13. The quantitative estimate of drug-likeness (QED) is 0.461. The summed E-state index contributed by atoms with van der Waals surface area (Å²) in [5, 5.41) is 10.3. The molecule has 0 radical (unpaired) electrons. The van der Waals surface area contributed by atoms with Crippen LogP contribution in [0.4, 0.5) is 11.4 Å². The first-order valence-corrected chi connectivity index (χ1v) is 3.85. The lowest BCUT2D eigenvalue weighted by Crippen LogP contribution is -2.07. The Kier molecular flexibility index (Phi) is 2.61. The molecular formula is C6H6BrN3O2. The van der Waals surface area contributed by atoms with E-state index in [9.17, 15) is 10.1 Å². The van der Waals surface area contributed by atoms with Gasteiger partial charge in [-0.25, -0.2) is 0 Å². The van der Waals surface area contributed by atoms with Crippen molar-refractivity contribution in [2.45, 2.75) is 0 Å². The minimum Gasteiger partial charge on any atom is -0.323 e. The molecule has 0 saturated heterocycles. The second-order valence-electron chi connectivity index (χ2n) is 2.07. The van der Waals surface area contributed by atoms with E-state index in [-0.39, 0.29) is 5.69 Å². The van der Waals surface area contributed by atoms with Crippen molar-refractivity contribution in [3.05, 3.63) is 32.8 Å². The van der Waals surface area contributed by atoms with Crippen molar-refractivity contribution < 1.29 is 4.92 Å². The standard InChI is InChI=1S/C6H6BrN3O2/c7-5-2-1-4(10(11)12)3-6(5)9-8/h1-3,9H,8H2. The smallest absolute Gasteiger partial charge is 0.271 e. The number of nitrogens with zero attached hydrogens (tertiary/aromatic N) is 1. The van der Waals surface area contributed by atoms with Gasteiger partial charge in [-0.15, -0.1) is 0 Å². The van der Waals surface area contributed by atoms with Crippen molar-refractivity contribution >= 4 is 27.3 Å².